The molecule has 0 unspecified atom stereocenters. The van der Waals surface area contributed by atoms with E-state index < -0.39 is 0 Å². The van der Waals surface area contributed by atoms with Crippen LogP contribution in [0.15, 0.2) is 18.2 Å². The fourth-order valence-electron chi connectivity index (χ4n) is 3.02. The largest absolute Gasteiger partial charge is 0.396 e. The first-order valence-electron chi connectivity index (χ1n) is 7.27. The average Bonchev–Trinajstić information content (AvgIpc) is 2.44. The third-order valence-corrected chi connectivity index (χ3v) is 4.59. The lowest BCUT2D eigenvalue weighted by Gasteiger charge is -2.43. The third kappa shape index (κ3) is 3.34. The van der Waals surface area contributed by atoms with E-state index in [4.69, 9.17) is 11.6 Å². The summed E-state index contributed by atoms with van der Waals surface area (Å²) in [5, 5.41) is 14.0. The molecule has 2 rings (SSSR count). The van der Waals surface area contributed by atoms with Crippen LogP contribution in [0.2, 0.25) is 5.02 Å². The minimum absolute atomic E-state index is 0.170. The maximum atomic E-state index is 9.81. The molecule has 0 aromatic heterocycles. The standard InChI is InChI=1S/C16H25ClN2O/c1-12-10-13(4-5-14(12)17)15(16(2,3)11-20)19-8-6-18-7-9-19/h4-5,10,15,18,20H,6-9,11H2,1-3H3/t15-/m1/s1. The van der Waals surface area contributed by atoms with Gasteiger partial charge in [-0.25, -0.2) is 0 Å². The number of benzene rings is 1. The molecule has 3 nitrogen and oxygen atoms in total. The van der Waals surface area contributed by atoms with E-state index in [-0.39, 0.29) is 18.1 Å². The molecule has 1 aliphatic heterocycles. The summed E-state index contributed by atoms with van der Waals surface area (Å²) >= 11 is 6.15. The van der Waals surface area contributed by atoms with Gasteiger partial charge in [-0.15, -0.1) is 0 Å². The van der Waals surface area contributed by atoms with E-state index in [1.54, 1.807) is 0 Å². The van der Waals surface area contributed by atoms with Crippen molar-refractivity contribution in [3.8, 4) is 0 Å². The molecule has 1 aromatic carbocycles. The summed E-state index contributed by atoms with van der Waals surface area (Å²) in [5.41, 5.74) is 2.16. The molecule has 0 amide bonds. The summed E-state index contributed by atoms with van der Waals surface area (Å²) in [4.78, 5) is 2.47. The van der Waals surface area contributed by atoms with Crippen LogP contribution in [0.5, 0.6) is 0 Å². The van der Waals surface area contributed by atoms with Gasteiger partial charge in [0.25, 0.3) is 0 Å². The number of aliphatic hydroxyl groups excluding tert-OH is 1. The van der Waals surface area contributed by atoms with Crippen LogP contribution in [-0.2, 0) is 0 Å². The van der Waals surface area contributed by atoms with Gasteiger partial charge in [-0.05, 0) is 24.1 Å². The zero-order valence-electron chi connectivity index (χ0n) is 12.6. The fraction of sp³-hybridized carbons (Fsp3) is 0.625. The second-order valence-electron chi connectivity index (χ2n) is 6.34. The summed E-state index contributed by atoms with van der Waals surface area (Å²) < 4.78 is 0. The van der Waals surface area contributed by atoms with Gasteiger partial charge >= 0.3 is 0 Å². The van der Waals surface area contributed by atoms with Crippen LogP contribution in [0.1, 0.15) is 31.0 Å². The summed E-state index contributed by atoms with van der Waals surface area (Å²) in [6.07, 6.45) is 0. The number of hydrogen-bond acceptors (Lipinski definition) is 3. The topological polar surface area (TPSA) is 35.5 Å². The van der Waals surface area contributed by atoms with Crippen molar-refractivity contribution in [2.75, 3.05) is 32.8 Å². The molecule has 0 aliphatic carbocycles. The van der Waals surface area contributed by atoms with Crippen molar-refractivity contribution in [1.29, 1.82) is 0 Å². The number of nitrogens with one attached hydrogen (secondary N) is 1. The van der Waals surface area contributed by atoms with Crippen molar-refractivity contribution in [3.05, 3.63) is 34.3 Å². The first-order valence-corrected chi connectivity index (χ1v) is 7.65. The van der Waals surface area contributed by atoms with Crippen LogP contribution < -0.4 is 5.32 Å². The first kappa shape index (κ1) is 15.8. The number of aliphatic hydroxyl groups is 1. The van der Waals surface area contributed by atoms with E-state index in [1.807, 2.05) is 13.0 Å². The highest BCUT2D eigenvalue weighted by Gasteiger charge is 2.35. The molecular weight excluding hydrogens is 272 g/mol. The lowest BCUT2D eigenvalue weighted by Crippen LogP contribution is -2.49. The molecule has 0 spiro atoms. The van der Waals surface area contributed by atoms with Crippen LogP contribution in [0.4, 0.5) is 0 Å². The van der Waals surface area contributed by atoms with Crippen molar-refractivity contribution in [1.82, 2.24) is 10.2 Å². The van der Waals surface area contributed by atoms with Crippen molar-refractivity contribution < 1.29 is 5.11 Å². The Hall–Kier alpha value is -0.610. The molecular formula is C16H25ClN2O. The Morgan fingerprint density at radius 1 is 1.35 bits per heavy atom. The van der Waals surface area contributed by atoms with Crippen molar-refractivity contribution >= 4 is 11.6 Å². The molecule has 2 N–H and O–H groups in total. The SMILES string of the molecule is Cc1cc([C@@H](N2CCNCC2)C(C)(C)CO)ccc1Cl. The molecule has 0 bridgehead atoms. The summed E-state index contributed by atoms with van der Waals surface area (Å²) in [7, 11) is 0. The van der Waals surface area contributed by atoms with Crippen LogP contribution in [0.3, 0.4) is 0 Å². The monoisotopic (exact) mass is 296 g/mol. The number of rotatable bonds is 4. The van der Waals surface area contributed by atoms with Crippen molar-refractivity contribution in [3.63, 3.8) is 0 Å². The van der Waals surface area contributed by atoms with Crippen molar-refractivity contribution in [2.45, 2.75) is 26.8 Å². The lowest BCUT2D eigenvalue weighted by atomic mass is 9.79. The van der Waals surface area contributed by atoms with Crippen LogP contribution in [0, 0.1) is 12.3 Å². The van der Waals surface area contributed by atoms with Crippen LogP contribution in [0.25, 0.3) is 0 Å². The molecule has 1 aliphatic rings. The Labute approximate surface area is 126 Å². The summed E-state index contributed by atoms with van der Waals surface area (Å²) in [5.74, 6) is 0. The molecule has 112 valence electrons. The van der Waals surface area contributed by atoms with E-state index in [9.17, 15) is 5.11 Å². The van der Waals surface area contributed by atoms with Gasteiger partial charge in [0.05, 0.1) is 0 Å². The minimum Gasteiger partial charge on any atom is -0.396 e. The van der Waals surface area contributed by atoms with Crippen LogP contribution in [-0.4, -0.2) is 42.8 Å². The lowest BCUT2D eigenvalue weighted by molar-refractivity contribution is 0.0305. The van der Waals surface area contributed by atoms with E-state index in [2.05, 4.69) is 36.2 Å². The maximum absolute atomic E-state index is 9.81. The smallest absolute Gasteiger partial charge is 0.0500 e. The van der Waals surface area contributed by atoms with Gasteiger partial charge in [0.1, 0.15) is 0 Å². The van der Waals surface area contributed by atoms with Gasteiger partial charge in [0, 0.05) is 49.3 Å². The molecule has 0 radical (unpaired) electrons. The Balaban J connectivity index is 2.36. The van der Waals surface area contributed by atoms with Crippen LogP contribution >= 0.6 is 11.6 Å². The Morgan fingerprint density at radius 3 is 2.55 bits per heavy atom. The molecule has 0 saturated carbocycles. The minimum atomic E-state index is -0.183. The van der Waals surface area contributed by atoms with Gasteiger partial charge in [-0.2, -0.15) is 0 Å². The third-order valence-electron chi connectivity index (χ3n) is 4.16. The molecule has 4 heteroatoms. The van der Waals surface area contributed by atoms with E-state index in [1.165, 1.54) is 5.56 Å². The first-order chi connectivity index (χ1) is 9.45. The highest BCUT2D eigenvalue weighted by atomic mass is 35.5. The number of piperazine rings is 1. The fourth-order valence-corrected chi connectivity index (χ4v) is 3.14. The number of nitrogens with zero attached hydrogens (tertiary/aromatic N) is 1. The van der Waals surface area contributed by atoms with Gasteiger partial charge in [-0.3, -0.25) is 4.90 Å². The quantitative estimate of drug-likeness (QED) is 0.896. The Kier molecular flexibility index (Phi) is 5.08. The molecule has 1 aromatic rings. The Bertz CT molecular complexity index is 456. The maximum Gasteiger partial charge on any atom is 0.0500 e. The summed E-state index contributed by atoms with van der Waals surface area (Å²) in [6, 6.07) is 6.44. The molecule has 1 atom stereocenters. The molecule has 20 heavy (non-hydrogen) atoms. The van der Waals surface area contributed by atoms with Gasteiger partial charge in [0.2, 0.25) is 0 Å². The highest BCUT2D eigenvalue weighted by molar-refractivity contribution is 6.31. The summed E-state index contributed by atoms with van der Waals surface area (Å²) in [6.45, 7) is 10.5. The predicted molar refractivity (Wildman–Crippen MR) is 84.2 cm³/mol. The van der Waals surface area contributed by atoms with Gasteiger partial charge < -0.3 is 10.4 Å². The second-order valence-corrected chi connectivity index (χ2v) is 6.75. The zero-order chi connectivity index (χ0) is 14.8. The normalized spacial score (nSPS) is 19.1. The van der Waals surface area contributed by atoms with E-state index in [0.717, 1.165) is 36.8 Å². The number of aryl methyl sites for hydroxylation is 1. The average molecular weight is 297 g/mol. The zero-order valence-corrected chi connectivity index (χ0v) is 13.4. The number of hydrogen-bond donors (Lipinski definition) is 2. The van der Waals surface area contributed by atoms with E-state index >= 15 is 0 Å². The Morgan fingerprint density at radius 2 is 2.00 bits per heavy atom. The predicted octanol–water partition coefficient (Wildman–Crippen LogP) is 2.61. The molecule has 1 fully saturated rings. The molecule has 1 heterocycles. The van der Waals surface area contributed by atoms with E-state index in [0.29, 0.717) is 0 Å². The van der Waals surface area contributed by atoms with Gasteiger partial charge in [0.15, 0.2) is 0 Å². The number of halogens is 1. The second kappa shape index (κ2) is 6.44. The van der Waals surface area contributed by atoms with Crippen molar-refractivity contribution in [2.24, 2.45) is 5.41 Å². The highest BCUT2D eigenvalue weighted by Crippen LogP contribution is 2.39. The van der Waals surface area contributed by atoms with Gasteiger partial charge in [-0.1, -0.05) is 37.6 Å². The molecule has 1 saturated heterocycles.